The van der Waals surface area contributed by atoms with Crippen molar-refractivity contribution < 1.29 is 9.90 Å². The number of fused-ring (bicyclic) bond motifs is 1. The van der Waals surface area contributed by atoms with Crippen LogP contribution < -0.4 is 10.9 Å². The first-order valence-electron chi connectivity index (χ1n) is 9.07. The first kappa shape index (κ1) is 17.9. The van der Waals surface area contributed by atoms with Gasteiger partial charge in [-0.1, -0.05) is 37.7 Å². The first-order chi connectivity index (χ1) is 12.9. The lowest BCUT2D eigenvalue weighted by Gasteiger charge is -2.32. The van der Waals surface area contributed by atoms with Gasteiger partial charge in [-0.25, -0.2) is 4.98 Å². The van der Waals surface area contributed by atoms with E-state index >= 15 is 0 Å². The van der Waals surface area contributed by atoms with Gasteiger partial charge in [-0.05, 0) is 30.5 Å². The summed E-state index contributed by atoms with van der Waals surface area (Å²) in [5.74, 6) is 0.257. The number of H-pyrrole nitrogens is 1. The summed E-state index contributed by atoms with van der Waals surface area (Å²) in [6, 6.07) is 6.68. The number of phenolic OH excluding ortho intramolecular Hbond substituents is 1. The SMILES string of the molecule is CC(C)Sc1nc2c(c(=O)[nH]1)C(c1ccc(O)cc1)C1=C(CCCC1=O)N2. The van der Waals surface area contributed by atoms with E-state index in [1.165, 1.54) is 11.8 Å². The number of carbonyl (C=O) groups is 1. The molecule has 0 fully saturated rings. The fourth-order valence-corrected chi connectivity index (χ4v) is 4.46. The van der Waals surface area contributed by atoms with E-state index in [1.54, 1.807) is 24.3 Å². The Labute approximate surface area is 161 Å². The number of thioether (sulfide) groups is 1. The highest BCUT2D eigenvalue weighted by Crippen LogP contribution is 2.43. The third kappa shape index (κ3) is 3.27. The van der Waals surface area contributed by atoms with Crippen molar-refractivity contribution in [2.24, 2.45) is 0 Å². The summed E-state index contributed by atoms with van der Waals surface area (Å²) in [5, 5.41) is 13.7. The van der Waals surface area contributed by atoms with Crippen molar-refractivity contribution >= 4 is 23.4 Å². The van der Waals surface area contributed by atoms with Crippen molar-refractivity contribution in [3.8, 4) is 5.75 Å². The largest absolute Gasteiger partial charge is 0.508 e. The van der Waals surface area contributed by atoms with Crippen molar-refractivity contribution in [3.05, 3.63) is 57.0 Å². The summed E-state index contributed by atoms with van der Waals surface area (Å²) in [6.45, 7) is 4.08. The van der Waals surface area contributed by atoms with Crippen LogP contribution in [0.15, 0.2) is 45.5 Å². The molecule has 4 rings (SSSR count). The van der Waals surface area contributed by atoms with Gasteiger partial charge < -0.3 is 15.4 Å². The highest BCUT2D eigenvalue weighted by Gasteiger charge is 2.37. The Kier molecular flexibility index (Phi) is 4.55. The molecule has 1 aliphatic heterocycles. The monoisotopic (exact) mass is 383 g/mol. The molecule has 0 amide bonds. The fourth-order valence-electron chi connectivity index (χ4n) is 3.72. The van der Waals surface area contributed by atoms with E-state index in [9.17, 15) is 14.7 Å². The zero-order valence-electron chi connectivity index (χ0n) is 15.2. The molecule has 2 aliphatic rings. The molecule has 3 N–H and O–H groups in total. The zero-order valence-corrected chi connectivity index (χ0v) is 16.0. The fraction of sp³-hybridized carbons (Fsp3) is 0.350. The lowest BCUT2D eigenvalue weighted by Crippen LogP contribution is -2.32. The molecule has 6 nitrogen and oxygen atoms in total. The van der Waals surface area contributed by atoms with Crippen molar-refractivity contribution in [1.82, 2.24) is 9.97 Å². The Bertz CT molecular complexity index is 993. The van der Waals surface area contributed by atoms with Gasteiger partial charge in [0.2, 0.25) is 0 Å². The van der Waals surface area contributed by atoms with Crippen LogP contribution in [-0.4, -0.2) is 26.1 Å². The van der Waals surface area contributed by atoms with Crippen molar-refractivity contribution in [1.29, 1.82) is 0 Å². The van der Waals surface area contributed by atoms with Gasteiger partial charge in [0.25, 0.3) is 5.56 Å². The number of aromatic nitrogens is 2. The van der Waals surface area contributed by atoms with Gasteiger partial charge >= 0.3 is 0 Å². The molecule has 0 spiro atoms. The molecular formula is C20H21N3O3S. The van der Waals surface area contributed by atoms with Crippen LogP contribution in [0.4, 0.5) is 5.82 Å². The number of anilines is 1. The Morgan fingerprint density at radius 1 is 1.19 bits per heavy atom. The second kappa shape index (κ2) is 6.88. The Morgan fingerprint density at radius 2 is 1.93 bits per heavy atom. The molecule has 2 aromatic rings. The maximum absolute atomic E-state index is 13.0. The smallest absolute Gasteiger partial charge is 0.257 e. The average molecular weight is 383 g/mol. The third-order valence-electron chi connectivity index (χ3n) is 4.81. The summed E-state index contributed by atoms with van der Waals surface area (Å²) >= 11 is 1.49. The lowest BCUT2D eigenvalue weighted by atomic mass is 9.76. The van der Waals surface area contributed by atoms with Gasteiger partial charge in [0.15, 0.2) is 10.9 Å². The number of hydrogen-bond donors (Lipinski definition) is 3. The number of rotatable bonds is 3. The molecule has 1 unspecified atom stereocenters. The van der Waals surface area contributed by atoms with Crippen LogP contribution in [-0.2, 0) is 4.79 Å². The molecule has 140 valence electrons. The average Bonchev–Trinajstić information content (AvgIpc) is 2.60. The maximum Gasteiger partial charge on any atom is 0.257 e. The number of phenols is 1. The summed E-state index contributed by atoms with van der Waals surface area (Å²) in [6.07, 6.45) is 2.03. The summed E-state index contributed by atoms with van der Waals surface area (Å²) in [7, 11) is 0. The van der Waals surface area contributed by atoms with Crippen LogP contribution in [0.1, 0.15) is 50.2 Å². The number of nitrogens with one attached hydrogen (secondary N) is 2. The highest BCUT2D eigenvalue weighted by molar-refractivity contribution is 7.99. The van der Waals surface area contributed by atoms with E-state index < -0.39 is 5.92 Å². The van der Waals surface area contributed by atoms with Crippen LogP contribution in [0, 0.1) is 0 Å². The number of allylic oxidation sites excluding steroid dienone is 2. The molecule has 1 atom stereocenters. The van der Waals surface area contributed by atoms with Gasteiger partial charge in [0.05, 0.1) is 5.56 Å². The molecule has 1 aliphatic carbocycles. The maximum atomic E-state index is 13.0. The van der Waals surface area contributed by atoms with Crippen molar-refractivity contribution in [2.75, 3.05) is 5.32 Å². The summed E-state index contributed by atoms with van der Waals surface area (Å²) in [5.41, 5.74) is 2.53. The van der Waals surface area contributed by atoms with Crippen molar-refractivity contribution in [2.45, 2.75) is 49.4 Å². The number of Topliss-reactive ketones (excluding diaryl/α,β-unsaturated/α-hetero) is 1. The number of benzene rings is 1. The minimum Gasteiger partial charge on any atom is -0.508 e. The topological polar surface area (TPSA) is 95.1 Å². The Hall–Kier alpha value is -2.54. The first-order valence-corrected chi connectivity index (χ1v) is 9.95. The van der Waals surface area contributed by atoms with Gasteiger partial charge in [-0.3, -0.25) is 9.59 Å². The van der Waals surface area contributed by atoms with Crippen molar-refractivity contribution in [3.63, 3.8) is 0 Å². The molecule has 0 saturated heterocycles. The molecular weight excluding hydrogens is 362 g/mol. The quantitative estimate of drug-likeness (QED) is 0.554. The standard InChI is InChI=1S/C20H21N3O3S/c1-10(2)27-20-22-18-17(19(26)23-20)15(11-6-8-12(24)9-7-11)16-13(21-18)4-3-5-14(16)25/h6-10,15,24H,3-5H2,1-2H3,(H2,21,22,23,26). The van der Waals surface area contributed by atoms with E-state index in [-0.39, 0.29) is 22.3 Å². The van der Waals surface area contributed by atoms with Crippen LogP contribution >= 0.6 is 11.8 Å². The molecule has 7 heteroatoms. The molecule has 0 bridgehead atoms. The summed E-state index contributed by atoms with van der Waals surface area (Å²) in [4.78, 5) is 33.2. The molecule has 27 heavy (non-hydrogen) atoms. The van der Waals surface area contributed by atoms with Gasteiger partial charge in [0.1, 0.15) is 11.6 Å². The van der Waals surface area contributed by atoms with Gasteiger partial charge in [0, 0.05) is 28.9 Å². The van der Waals surface area contributed by atoms with Crippen LogP contribution in [0.2, 0.25) is 0 Å². The zero-order chi connectivity index (χ0) is 19.1. The van der Waals surface area contributed by atoms with E-state index in [2.05, 4.69) is 15.3 Å². The second-order valence-electron chi connectivity index (χ2n) is 7.12. The van der Waals surface area contributed by atoms with Crippen LogP contribution in [0.3, 0.4) is 0 Å². The normalized spacial score (nSPS) is 18.9. The molecule has 0 radical (unpaired) electrons. The minimum absolute atomic E-state index is 0.0625. The lowest BCUT2D eigenvalue weighted by molar-refractivity contribution is -0.116. The molecule has 0 saturated carbocycles. The number of carbonyl (C=O) groups excluding carboxylic acids is 1. The number of ketones is 1. The van der Waals surface area contributed by atoms with E-state index in [4.69, 9.17) is 0 Å². The highest BCUT2D eigenvalue weighted by atomic mass is 32.2. The molecule has 1 aromatic heterocycles. The van der Waals surface area contributed by atoms with E-state index in [0.29, 0.717) is 28.5 Å². The molecule has 1 aromatic carbocycles. The number of aromatic hydroxyl groups is 1. The second-order valence-corrected chi connectivity index (χ2v) is 8.68. The van der Waals surface area contributed by atoms with Gasteiger partial charge in [-0.15, -0.1) is 0 Å². The van der Waals surface area contributed by atoms with E-state index in [1.807, 2.05) is 13.8 Å². The number of hydrogen-bond acceptors (Lipinski definition) is 6. The Morgan fingerprint density at radius 3 is 2.63 bits per heavy atom. The van der Waals surface area contributed by atoms with Crippen LogP contribution in [0.5, 0.6) is 5.75 Å². The third-order valence-corrected chi connectivity index (χ3v) is 5.70. The minimum atomic E-state index is -0.473. The van der Waals surface area contributed by atoms with Gasteiger partial charge in [-0.2, -0.15) is 0 Å². The predicted molar refractivity (Wildman–Crippen MR) is 105 cm³/mol. The molecule has 2 heterocycles. The number of aromatic amines is 1. The number of nitrogens with zero attached hydrogens (tertiary/aromatic N) is 1. The summed E-state index contributed by atoms with van der Waals surface area (Å²) < 4.78 is 0. The van der Waals surface area contributed by atoms with E-state index in [0.717, 1.165) is 24.1 Å². The van der Waals surface area contributed by atoms with Crippen LogP contribution in [0.25, 0.3) is 0 Å². The predicted octanol–water partition coefficient (Wildman–Crippen LogP) is 3.54. The Balaban J connectivity index is 1.92.